The normalized spacial score (nSPS) is 12.1. The summed E-state index contributed by atoms with van der Waals surface area (Å²) in [6.45, 7) is 6.05. The fraction of sp³-hybridized carbons (Fsp3) is 0.571. The SMILES string of the molecule is CC(C)(C)n1ncc(Cl)c1Cl. The standard InChI is InChI=1S/C7H10Cl2N2/c1-7(2,3)11-6(9)5(8)4-10-11/h4H,1-3H3. The molecule has 1 heterocycles. The molecule has 0 saturated heterocycles. The van der Waals surface area contributed by atoms with E-state index in [0.717, 1.165) is 0 Å². The molecule has 62 valence electrons. The van der Waals surface area contributed by atoms with Crippen LogP contribution in [0.5, 0.6) is 0 Å². The Kier molecular flexibility index (Phi) is 2.17. The lowest BCUT2D eigenvalue weighted by Gasteiger charge is -2.19. The summed E-state index contributed by atoms with van der Waals surface area (Å²) in [5.41, 5.74) is -0.107. The molecule has 0 spiro atoms. The molecule has 0 amide bonds. The Labute approximate surface area is 76.1 Å². The van der Waals surface area contributed by atoms with Crippen LogP contribution in [0.2, 0.25) is 10.2 Å². The van der Waals surface area contributed by atoms with Crippen LogP contribution >= 0.6 is 23.2 Å². The van der Waals surface area contributed by atoms with Gasteiger partial charge in [-0.2, -0.15) is 5.10 Å². The molecular weight excluding hydrogens is 183 g/mol. The van der Waals surface area contributed by atoms with E-state index in [4.69, 9.17) is 23.2 Å². The van der Waals surface area contributed by atoms with E-state index >= 15 is 0 Å². The Hall–Kier alpha value is -0.210. The number of hydrogen-bond acceptors (Lipinski definition) is 1. The van der Waals surface area contributed by atoms with Gasteiger partial charge < -0.3 is 0 Å². The van der Waals surface area contributed by atoms with Gasteiger partial charge in [0, 0.05) is 0 Å². The molecule has 0 radical (unpaired) electrons. The molecule has 2 nitrogen and oxygen atoms in total. The van der Waals surface area contributed by atoms with Crippen molar-refractivity contribution in [1.82, 2.24) is 9.78 Å². The summed E-state index contributed by atoms with van der Waals surface area (Å²) >= 11 is 11.6. The van der Waals surface area contributed by atoms with Crippen LogP contribution < -0.4 is 0 Å². The number of hydrogen-bond donors (Lipinski definition) is 0. The summed E-state index contributed by atoms with van der Waals surface area (Å²) in [6, 6.07) is 0. The van der Waals surface area contributed by atoms with E-state index in [0.29, 0.717) is 10.2 Å². The molecule has 0 aromatic carbocycles. The molecule has 0 aliphatic rings. The molecule has 0 fully saturated rings. The first kappa shape index (κ1) is 8.88. The first-order valence-electron chi connectivity index (χ1n) is 3.32. The second-order valence-corrected chi connectivity index (χ2v) is 4.13. The molecule has 0 N–H and O–H groups in total. The van der Waals surface area contributed by atoms with Crippen LogP contribution in [-0.4, -0.2) is 9.78 Å². The minimum Gasteiger partial charge on any atom is -0.247 e. The van der Waals surface area contributed by atoms with Crippen molar-refractivity contribution in [2.45, 2.75) is 26.3 Å². The second-order valence-electron chi connectivity index (χ2n) is 3.37. The first-order chi connectivity index (χ1) is 4.93. The minimum absolute atomic E-state index is 0.107. The van der Waals surface area contributed by atoms with Gasteiger partial charge in [0.15, 0.2) is 0 Å². The Bertz CT molecular complexity index is 260. The average molecular weight is 193 g/mol. The molecule has 1 aromatic heterocycles. The summed E-state index contributed by atoms with van der Waals surface area (Å²) in [5, 5.41) is 5.04. The lowest BCUT2D eigenvalue weighted by Crippen LogP contribution is -2.22. The lowest BCUT2D eigenvalue weighted by atomic mass is 10.1. The zero-order valence-corrected chi connectivity index (χ0v) is 8.24. The lowest BCUT2D eigenvalue weighted by molar-refractivity contribution is 0.356. The van der Waals surface area contributed by atoms with Gasteiger partial charge >= 0.3 is 0 Å². The topological polar surface area (TPSA) is 17.8 Å². The van der Waals surface area contributed by atoms with Gasteiger partial charge in [0.1, 0.15) is 5.15 Å². The van der Waals surface area contributed by atoms with Gasteiger partial charge in [0.2, 0.25) is 0 Å². The van der Waals surface area contributed by atoms with Crippen molar-refractivity contribution in [2.75, 3.05) is 0 Å². The Morgan fingerprint density at radius 3 is 2.09 bits per heavy atom. The highest BCUT2D eigenvalue weighted by Crippen LogP contribution is 2.26. The molecule has 0 atom stereocenters. The number of aromatic nitrogens is 2. The maximum atomic E-state index is 5.86. The van der Waals surface area contributed by atoms with Crippen LogP contribution in [0.15, 0.2) is 6.20 Å². The van der Waals surface area contributed by atoms with Gasteiger partial charge in [-0.3, -0.25) is 0 Å². The smallest absolute Gasteiger partial charge is 0.146 e. The maximum Gasteiger partial charge on any atom is 0.146 e. The molecule has 0 aliphatic heterocycles. The molecular formula is C7H10Cl2N2. The van der Waals surface area contributed by atoms with Crippen molar-refractivity contribution in [3.63, 3.8) is 0 Å². The zero-order valence-electron chi connectivity index (χ0n) is 6.73. The summed E-state index contributed by atoms with van der Waals surface area (Å²) in [6.07, 6.45) is 1.55. The van der Waals surface area contributed by atoms with Crippen LogP contribution in [-0.2, 0) is 5.54 Å². The molecule has 0 unspecified atom stereocenters. The van der Waals surface area contributed by atoms with Gasteiger partial charge in [-0.25, -0.2) is 4.68 Å². The molecule has 1 aromatic rings. The summed E-state index contributed by atoms with van der Waals surface area (Å²) < 4.78 is 1.69. The zero-order chi connectivity index (χ0) is 8.65. The van der Waals surface area contributed by atoms with Crippen molar-refractivity contribution in [3.8, 4) is 0 Å². The van der Waals surface area contributed by atoms with Gasteiger partial charge in [-0.1, -0.05) is 23.2 Å². The van der Waals surface area contributed by atoms with Crippen LogP contribution in [0.3, 0.4) is 0 Å². The predicted octanol–water partition coefficient (Wildman–Crippen LogP) is 2.94. The third kappa shape index (κ3) is 1.68. The Balaban J connectivity index is 3.15. The summed E-state index contributed by atoms with van der Waals surface area (Å²) in [4.78, 5) is 0. The first-order valence-corrected chi connectivity index (χ1v) is 4.08. The average Bonchev–Trinajstić information content (AvgIpc) is 2.11. The molecule has 0 saturated carbocycles. The molecule has 0 bridgehead atoms. The van der Waals surface area contributed by atoms with Gasteiger partial charge in [0.05, 0.1) is 16.8 Å². The van der Waals surface area contributed by atoms with Gasteiger partial charge in [-0.15, -0.1) is 0 Å². The van der Waals surface area contributed by atoms with Crippen molar-refractivity contribution in [2.24, 2.45) is 0 Å². The molecule has 11 heavy (non-hydrogen) atoms. The predicted molar refractivity (Wildman–Crippen MR) is 47.2 cm³/mol. The van der Waals surface area contributed by atoms with Crippen LogP contribution in [0.4, 0.5) is 0 Å². The van der Waals surface area contributed by atoms with Crippen molar-refractivity contribution < 1.29 is 0 Å². The highest BCUT2D eigenvalue weighted by molar-refractivity contribution is 6.41. The van der Waals surface area contributed by atoms with Crippen molar-refractivity contribution >= 4 is 23.2 Å². The number of rotatable bonds is 0. The summed E-state index contributed by atoms with van der Waals surface area (Å²) in [5.74, 6) is 0. The van der Waals surface area contributed by atoms with Crippen LogP contribution in [0.25, 0.3) is 0 Å². The van der Waals surface area contributed by atoms with E-state index in [9.17, 15) is 0 Å². The van der Waals surface area contributed by atoms with E-state index in [2.05, 4.69) is 5.10 Å². The Morgan fingerprint density at radius 2 is 1.91 bits per heavy atom. The van der Waals surface area contributed by atoms with E-state index < -0.39 is 0 Å². The quantitative estimate of drug-likeness (QED) is 0.619. The highest BCUT2D eigenvalue weighted by Gasteiger charge is 2.18. The van der Waals surface area contributed by atoms with E-state index in [1.54, 1.807) is 10.9 Å². The van der Waals surface area contributed by atoms with E-state index in [1.165, 1.54) is 0 Å². The largest absolute Gasteiger partial charge is 0.247 e. The fourth-order valence-electron chi connectivity index (χ4n) is 0.781. The van der Waals surface area contributed by atoms with Crippen LogP contribution in [0.1, 0.15) is 20.8 Å². The minimum atomic E-state index is -0.107. The van der Waals surface area contributed by atoms with Gasteiger partial charge in [-0.05, 0) is 20.8 Å². The third-order valence-electron chi connectivity index (χ3n) is 1.30. The molecule has 4 heteroatoms. The summed E-state index contributed by atoms with van der Waals surface area (Å²) in [7, 11) is 0. The monoisotopic (exact) mass is 192 g/mol. The number of nitrogens with zero attached hydrogens (tertiary/aromatic N) is 2. The number of halogens is 2. The van der Waals surface area contributed by atoms with E-state index in [-0.39, 0.29) is 5.54 Å². The van der Waals surface area contributed by atoms with Crippen LogP contribution in [0, 0.1) is 0 Å². The maximum absolute atomic E-state index is 5.86. The fourth-order valence-corrected chi connectivity index (χ4v) is 1.25. The highest BCUT2D eigenvalue weighted by atomic mass is 35.5. The Morgan fingerprint density at radius 1 is 1.36 bits per heavy atom. The second kappa shape index (κ2) is 2.68. The van der Waals surface area contributed by atoms with Crippen molar-refractivity contribution in [3.05, 3.63) is 16.4 Å². The third-order valence-corrected chi connectivity index (χ3v) is 2.04. The van der Waals surface area contributed by atoms with Crippen molar-refractivity contribution in [1.29, 1.82) is 0 Å². The van der Waals surface area contributed by atoms with E-state index in [1.807, 2.05) is 20.8 Å². The molecule has 0 aliphatic carbocycles. The molecule has 1 rings (SSSR count). The van der Waals surface area contributed by atoms with Gasteiger partial charge in [0.25, 0.3) is 0 Å².